The topological polar surface area (TPSA) is 102 Å². The highest BCUT2D eigenvalue weighted by atomic mass is 28.4. The molecule has 7 nitrogen and oxygen atoms in total. The molecule has 0 aliphatic heterocycles. The first-order valence-corrected chi connectivity index (χ1v) is 18.9. The largest absolute Gasteiger partial charge is 0.393 e. The van der Waals surface area contributed by atoms with Crippen LogP contribution in [0.5, 0.6) is 0 Å². The van der Waals surface area contributed by atoms with Gasteiger partial charge in [0, 0.05) is 20.1 Å². The molecule has 0 aliphatic carbocycles. The quantitative estimate of drug-likeness (QED) is 0.159. The molecule has 0 fully saturated rings. The molecule has 0 saturated carbocycles. The number of esters is 2. The second kappa shape index (κ2) is 11.1. The molecule has 0 spiro atoms. The smallest absolute Gasteiger partial charge is 0.345 e. The maximum atomic E-state index is 12.3. The zero-order valence-electron chi connectivity index (χ0n) is 19.6. The molecule has 0 aromatic carbocycles. The highest BCUT2D eigenvalue weighted by Crippen LogP contribution is 2.37. The lowest BCUT2D eigenvalue weighted by molar-refractivity contribution is -0.165. The average Bonchev–Trinajstić information content (AvgIpc) is 2.57. The molecule has 2 N–H and O–H groups in total. The Morgan fingerprint density at radius 1 is 1.17 bits per heavy atom. The number of carbonyl (C=O) groups excluding carboxylic acids is 2. The van der Waals surface area contributed by atoms with Gasteiger partial charge in [0.05, 0.1) is 6.61 Å². The number of aliphatic hydroxyl groups is 2. The summed E-state index contributed by atoms with van der Waals surface area (Å²) in [5.41, 5.74) is 0.152. The molecular formula is C19H39O7Si3. The molecule has 0 bridgehead atoms. The maximum Gasteiger partial charge on any atom is 0.345 e. The molecule has 3 atom stereocenters. The lowest BCUT2D eigenvalue weighted by Gasteiger charge is -2.44. The Balaban J connectivity index is 5.89. The van der Waals surface area contributed by atoms with E-state index in [4.69, 9.17) is 14.0 Å². The fourth-order valence-electron chi connectivity index (χ4n) is 2.95. The number of hydrogen-bond acceptors (Lipinski definition) is 7. The van der Waals surface area contributed by atoms with Crippen LogP contribution in [-0.4, -0.2) is 66.1 Å². The molecule has 29 heavy (non-hydrogen) atoms. The normalized spacial score (nSPS) is 17.6. The number of hydrogen-bond donors (Lipinski definition) is 2. The van der Waals surface area contributed by atoms with Crippen LogP contribution in [0.25, 0.3) is 0 Å². The molecule has 10 heteroatoms. The molecule has 0 amide bonds. The number of rotatable bonds is 11. The number of carbonyl (C=O) groups is 2. The van der Waals surface area contributed by atoms with Crippen molar-refractivity contribution in [2.75, 3.05) is 6.61 Å². The van der Waals surface area contributed by atoms with Crippen molar-refractivity contribution in [1.82, 2.24) is 0 Å². The third kappa shape index (κ3) is 8.95. The van der Waals surface area contributed by atoms with E-state index in [1.807, 2.05) is 20.0 Å². The third-order valence-corrected chi connectivity index (χ3v) is 16.0. The van der Waals surface area contributed by atoms with E-state index in [0.717, 1.165) is 0 Å². The molecule has 0 aromatic heterocycles. The molecule has 1 radical (unpaired) electrons. The Hall–Kier alpha value is -0.629. The fraction of sp³-hybridized carbons (Fsp3) is 0.789. The lowest BCUT2D eigenvalue weighted by atomic mass is 10.1. The maximum absolute atomic E-state index is 12.3. The van der Waals surface area contributed by atoms with Gasteiger partial charge in [-0.05, 0) is 44.4 Å². The van der Waals surface area contributed by atoms with Crippen molar-refractivity contribution in [2.24, 2.45) is 0 Å². The van der Waals surface area contributed by atoms with Gasteiger partial charge in [0.25, 0.3) is 0 Å². The zero-order valence-corrected chi connectivity index (χ0v) is 22.6. The standard InChI is InChI=1S/C19H39O7Si3/c1-11-19(25-27(4)5,26-29(9,10)15(3)28(6,7)8)12-14(2)17(22)24-18(23)16(21)13-20/h12,15-16,20-21H,11,13H2,1-10H3/b14-12+. The van der Waals surface area contributed by atoms with Crippen LogP contribution in [0.1, 0.15) is 27.2 Å². The van der Waals surface area contributed by atoms with Crippen LogP contribution < -0.4 is 0 Å². The Bertz CT molecular complexity index is 599. The van der Waals surface area contributed by atoms with Crippen molar-refractivity contribution in [3.05, 3.63) is 11.6 Å². The van der Waals surface area contributed by atoms with Crippen molar-refractivity contribution in [2.45, 2.75) is 90.1 Å². The minimum absolute atomic E-state index is 0.152. The highest BCUT2D eigenvalue weighted by Gasteiger charge is 2.45. The summed E-state index contributed by atoms with van der Waals surface area (Å²) in [5.74, 6) is -3.17. The van der Waals surface area contributed by atoms with E-state index >= 15 is 0 Å². The van der Waals surface area contributed by atoms with Gasteiger partial charge in [0.15, 0.2) is 20.2 Å². The van der Waals surface area contributed by atoms with Gasteiger partial charge in [-0.15, -0.1) is 0 Å². The molecule has 0 aromatic rings. The van der Waals surface area contributed by atoms with Crippen LogP contribution in [0.3, 0.4) is 0 Å². The predicted molar refractivity (Wildman–Crippen MR) is 121 cm³/mol. The third-order valence-electron chi connectivity index (χ3n) is 5.04. The van der Waals surface area contributed by atoms with E-state index in [1.54, 1.807) is 6.08 Å². The number of ether oxygens (including phenoxy) is 1. The molecular weight excluding hydrogens is 424 g/mol. The van der Waals surface area contributed by atoms with Crippen LogP contribution in [-0.2, 0) is 23.2 Å². The van der Waals surface area contributed by atoms with Crippen LogP contribution in [0.4, 0.5) is 0 Å². The van der Waals surface area contributed by atoms with Gasteiger partial charge in [-0.25, -0.2) is 9.59 Å². The Kier molecular flexibility index (Phi) is 10.9. The van der Waals surface area contributed by atoms with E-state index in [2.05, 4.69) is 44.4 Å². The molecule has 0 heterocycles. The summed E-state index contributed by atoms with van der Waals surface area (Å²) >= 11 is 0. The van der Waals surface area contributed by atoms with Crippen molar-refractivity contribution in [1.29, 1.82) is 0 Å². The van der Waals surface area contributed by atoms with Gasteiger partial charge in [-0.3, -0.25) is 0 Å². The first-order chi connectivity index (χ1) is 13.0. The predicted octanol–water partition coefficient (Wildman–Crippen LogP) is 3.22. The first kappa shape index (κ1) is 28.4. The van der Waals surface area contributed by atoms with E-state index in [9.17, 15) is 14.7 Å². The van der Waals surface area contributed by atoms with Gasteiger partial charge in [-0.1, -0.05) is 33.5 Å². The highest BCUT2D eigenvalue weighted by molar-refractivity contribution is 6.94. The van der Waals surface area contributed by atoms with Crippen LogP contribution in [0.15, 0.2) is 11.6 Å². The average molecular weight is 464 g/mol. The van der Waals surface area contributed by atoms with Crippen LogP contribution in [0, 0.1) is 0 Å². The second-order valence-electron chi connectivity index (χ2n) is 9.20. The minimum Gasteiger partial charge on any atom is -0.393 e. The second-order valence-corrected chi connectivity index (χ2v) is 21.7. The summed E-state index contributed by atoms with van der Waals surface area (Å²) in [6, 6.07) is 0. The van der Waals surface area contributed by atoms with Crippen molar-refractivity contribution in [3.8, 4) is 0 Å². The zero-order chi connectivity index (χ0) is 23.2. The lowest BCUT2D eigenvalue weighted by Crippen LogP contribution is -2.53. The summed E-state index contributed by atoms with van der Waals surface area (Å²) in [4.78, 5) is 23.9. The Labute approximate surface area is 179 Å². The Morgan fingerprint density at radius 2 is 1.69 bits per heavy atom. The minimum atomic E-state index is -2.21. The van der Waals surface area contributed by atoms with Gasteiger partial charge >= 0.3 is 11.9 Å². The monoisotopic (exact) mass is 463 g/mol. The van der Waals surface area contributed by atoms with Crippen LogP contribution >= 0.6 is 0 Å². The number of aliphatic hydroxyl groups excluding tert-OH is 2. The van der Waals surface area contributed by atoms with Gasteiger partial charge < -0.3 is 23.8 Å². The van der Waals surface area contributed by atoms with Gasteiger partial charge in [0.1, 0.15) is 0 Å². The van der Waals surface area contributed by atoms with E-state index in [-0.39, 0.29) is 5.57 Å². The first-order valence-electron chi connectivity index (χ1n) is 9.95. The van der Waals surface area contributed by atoms with Crippen molar-refractivity contribution < 1.29 is 33.4 Å². The fourth-order valence-corrected chi connectivity index (χ4v) is 13.8. The molecule has 0 rings (SSSR count). The summed E-state index contributed by atoms with van der Waals surface area (Å²) in [6.07, 6.45) is 0.340. The van der Waals surface area contributed by atoms with Crippen LogP contribution in [0.2, 0.25) is 51.0 Å². The van der Waals surface area contributed by atoms with Crippen molar-refractivity contribution in [3.63, 3.8) is 0 Å². The van der Waals surface area contributed by atoms with Gasteiger partial charge in [-0.2, -0.15) is 0 Å². The molecule has 169 valence electrons. The molecule has 0 saturated heterocycles. The SMILES string of the molecule is CCC(/C=C(\C)C(=O)OC(=O)C(O)CO)(O[Si](C)C)O[Si](C)(C)C(C)[Si](C)(C)C. The summed E-state index contributed by atoms with van der Waals surface area (Å²) in [6.45, 7) is 20.2. The summed E-state index contributed by atoms with van der Waals surface area (Å²) < 4.78 is 17.6. The molecule has 3 unspecified atom stereocenters. The summed E-state index contributed by atoms with van der Waals surface area (Å²) in [7, 11) is -4.85. The molecule has 0 aliphatic rings. The van der Waals surface area contributed by atoms with E-state index in [1.165, 1.54) is 6.92 Å². The van der Waals surface area contributed by atoms with E-state index in [0.29, 0.717) is 11.6 Å². The van der Waals surface area contributed by atoms with Gasteiger partial charge in [0.2, 0.25) is 9.04 Å². The van der Waals surface area contributed by atoms with Crippen molar-refractivity contribution >= 4 is 37.4 Å². The Morgan fingerprint density at radius 3 is 2.07 bits per heavy atom. The summed E-state index contributed by atoms with van der Waals surface area (Å²) in [5, 5.41) is 18.6. The van der Waals surface area contributed by atoms with E-state index < -0.39 is 55.9 Å².